The van der Waals surface area contributed by atoms with Crippen molar-refractivity contribution in [3.8, 4) is 0 Å². The van der Waals surface area contributed by atoms with Crippen molar-refractivity contribution in [3.63, 3.8) is 0 Å². The highest BCUT2D eigenvalue weighted by Crippen LogP contribution is 2.53. The average molecular weight is 695 g/mol. The van der Waals surface area contributed by atoms with Crippen molar-refractivity contribution in [1.29, 1.82) is 0 Å². The highest BCUT2D eigenvalue weighted by atomic mass is 28.4. The first-order valence-electron chi connectivity index (χ1n) is 17.9. The fraction of sp³-hybridized carbons (Fsp3) is 0.625. The van der Waals surface area contributed by atoms with Crippen molar-refractivity contribution in [1.82, 2.24) is 0 Å². The third kappa shape index (κ3) is 8.31. The van der Waals surface area contributed by atoms with Gasteiger partial charge in [-0.1, -0.05) is 107 Å². The lowest BCUT2D eigenvalue weighted by molar-refractivity contribution is -0.320. The van der Waals surface area contributed by atoms with E-state index in [2.05, 4.69) is 53.8 Å². The van der Waals surface area contributed by atoms with Crippen LogP contribution in [-0.4, -0.2) is 70.2 Å². The monoisotopic (exact) mass is 694 g/mol. The van der Waals surface area contributed by atoms with Crippen molar-refractivity contribution in [2.45, 2.75) is 115 Å². The Morgan fingerprint density at radius 2 is 1.69 bits per heavy atom. The smallest absolute Gasteiger partial charge is 0.191 e. The molecule has 2 aromatic carbocycles. The largest absolute Gasteiger partial charge is 0.417 e. The van der Waals surface area contributed by atoms with Gasteiger partial charge in [0.2, 0.25) is 0 Å². The molecule has 5 rings (SSSR count). The van der Waals surface area contributed by atoms with Crippen LogP contribution in [0.3, 0.4) is 0 Å². The Kier molecular flexibility index (Phi) is 12.1. The van der Waals surface area contributed by atoms with Gasteiger partial charge >= 0.3 is 0 Å². The Morgan fingerprint density at radius 1 is 1.02 bits per heavy atom. The average Bonchev–Trinajstić information content (AvgIpc) is 3.37. The molecule has 1 aliphatic heterocycles. The van der Waals surface area contributed by atoms with Gasteiger partial charge in [0.25, 0.3) is 0 Å². The van der Waals surface area contributed by atoms with E-state index < -0.39 is 44.4 Å². The molecule has 0 radical (unpaired) electrons. The Labute approximate surface area is 294 Å². The lowest BCUT2D eigenvalue weighted by Crippen LogP contribution is -2.60. The molecular weight excluding hydrogens is 637 g/mol. The maximum Gasteiger partial charge on any atom is 0.191 e. The van der Waals surface area contributed by atoms with Crippen LogP contribution in [0.5, 0.6) is 0 Å². The van der Waals surface area contributed by atoms with E-state index in [1.165, 1.54) is 5.57 Å². The fourth-order valence-corrected chi connectivity index (χ4v) is 8.57. The highest BCUT2D eigenvalue weighted by molar-refractivity contribution is 6.74. The number of aliphatic hydroxyl groups is 1. The second-order valence-electron chi connectivity index (χ2n) is 16.1. The summed E-state index contributed by atoms with van der Waals surface area (Å²) in [6, 6.07) is 20.0. The summed E-state index contributed by atoms with van der Waals surface area (Å²) in [6.07, 6.45) is 1.48. The number of fused-ring (bicyclic) bond motifs is 2. The topological polar surface area (TPSA) is 92.7 Å². The Balaban J connectivity index is 1.58. The molecule has 9 heteroatoms. The van der Waals surface area contributed by atoms with Crippen LogP contribution in [0.4, 0.5) is 0 Å². The molecule has 8 nitrogen and oxygen atoms in total. The van der Waals surface area contributed by atoms with E-state index in [1.807, 2.05) is 60.7 Å². The molecule has 3 aliphatic rings. The van der Waals surface area contributed by atoms with Crippen LogP contribution in [0.25, 0.3) is 0 Å². The van der Waals surface area contributed by atoms with E-state index in [-0.39, 0.29) is 42.0 Å². The summed E-state index contributed by atoms with van der Waals surface area (Å²) < 4.78 is 38.7. The zero-order valence-corrected chi connectivity index (χ0v) is 31.8. The summed E-state index contributed by atoms with van der Waals surface area (Å²) in [5.74, 6) is -0.808. The Bertz CT molecular complexity index is 1400. The quantitative estimate of drug-likeness (QED) is 0.137. The predicted octanol–water partition coefficient (Wildman–Crippen LogP) is 7.77. The number of carbonyl (C=O) groups excluding carboxylic acids is 1. The molecule has 0 amide bonds. The number of allylic oxidation sites excluding steroid dienone is 1. The number of aliphatic hydroxyl groups excluding tert-OH is 1. The van der Waals surface area contributed by atoms with Crippen LogP contribution in [0.2, 0.25) is 18.1 Å². The SMILES string of the molecule is COCO[C@H]1C(=O)[C@@H](O)C[C@@H]([C@]2(OCc3ccccc3)CO[C@@H](c3ccccc3)O[C@H]2CCO[Si](C)(C)C(C)(C)C)/C=C2\CC[C@H]1C2(C)C. The van der Waals surface area contributed by atoms with Gasteiger partial charge < -0.3 is 33.2 Å². The number of ketones is 1. The molecule has 7 atom stereocenters. The minimum absolute atomic E-state index is 0.0127. The van der Waals surface area contributed by atoms with Crippen LogP contribution in [0, 0.1) is 17.3 Å². The molecule has 2 fully saturated rings. The van der Waals surface area contributed by atoms with Gasteiger partial charge in [0.1, 0.15) is 24.6 Å². The number of hydrogen-bond acceptors (Lipinski definition) is 8. The summed E-state index contributed by atoms with van der Waals surface area (Å²) in [7, 11) is -0.519. The molecule has 270 valence electrons. The molecule has 2 aliphatic carbocycles. The van der Waals surface area contributed by atoms with E-state index in [9.17, 15) is 9.90 Å². The van der Waals surface area contributed by atoms with Gasteiger partial charge in [-0.15, -0.1) is 0 Å². The first-order chi connectivity index (χ1) is 23.2. The minimum Gasteiger partial charge on any atom is -0.417 e. The van der Waals surface area contributed by atoms with Crippen molar-refractivity contribution in [2.75, 3.05) is 27.1 Å². The zero-order valence-electron chi connectivity index (χ0n) is 30.8. The minimum atomic E-state index is -2.07. The van der Waals surface area contributed by atoms with Crippen LogP contribution in [0.1, 0.15) is 77.7 Å². The third-order valence-electron chi connectivity index (χ3n) is 11.7. The second-order valence-corrected chi connectivity index (χ2v) is 20.9. The number of benzene rings is 2. The first kappa shape index (κ1) is 38.0. The zero-order chi connectivity index (χ0) is 35.5. The summed E-state index contributed by atoms with van der Waals surface area (Å²) in [4.78, 5) is 14.1. The van der Waals surface area contributed by atoms with Crippen LogP contribution >= 0.6 is 0 Å². The molecule has 1 saturated carbocycles. The van der Waals surface area contributed by atoms with Gasteiger partial charge in [-0.3, -0.25) is 4.79 Å². The number of hydrogen-bond donors (Lipinski definition) is 1. The van der Waals surface area contributed by atoms with E-state index in [0.29, 0.717) is 19.6 Å². The number of Topliss-reactive ketones (excluding diaryl/α,β-unsaturated/α-hetero) is 1. The van der Waals surface area contributed by atoms with E-state index in [4.69, 9.17) is 28.1 Å². The normalized spacial score (nSPS) is 31.8. The van der Waals surface area contributed by atoms with Gasteiger partial charge in [-0.2, -0.15) is 0 Å². The van der Waals surface area contributed by atoms with Crippen LogP contribution < -0.4 is 0 Å². The lowest BCUT2D eigenvalue weighted by Gasteiger charge is -2.50. The van der Waals surface area contributed by atoms with Gasteiger partial charge in [-0.05, 0) is 54.8 Å². The maximum absolute atomic E-state index is 14.1. The number of methoxy groups -OCH3 is 1. The molecule has 1 heterocycles. The van der Waals surface area contributed by atoms with Gasteiger partial charge in [0.15, 0.2) is 20.4 Å². The maximum atomic E-state index is 14.1. The Morgan fingerprint density at radius 3 is 2.35 bits per heavy atom. The third-order valence-corrected chi connectivity index (χ3v) is 16.2. The van der Waals surface area contributed by atoms with Crippen molar-refractivity contribution < 1.29 is 38.0 Å². The highest BCUT2D eigenvalue weighted by Gasteiger charge is 2.55. The fourth-order valence-electron chi connectivity index (χ4n) is 7.51. The molecule has 2 bridgehead atoms. The van der Waals surface area contributed by atoms with Gasteiger partial charge in [0, 0.05) is 31.1 Å². The lowest BCUT2D eigenvalue weighted by atomic mass is 9.73. The molecule has 0 unspecified atom stereocenters. The van der Waals surface area contributed by atoms with Crippen molar-refractivity contribution in [3.05, 3.63) is 83.4 Å². The molecule has 0 aromatic heterocycles. The van der Waals surface area contributed by atoms with E-state index >= 15 is 0 Å². The number of ether oxygens (including phenoxy) is 5. The number of carbonyl (C=O) groups is 1. The van der Waals surface area contributed by atoms with Gasteiger partial charge in [-0.25, -0.2) is 0 Å². The Hall–Kier alpha value is -2.21. The van der Waals surface area contributed by atoms with Crippen molar-refractivity contribution in [2.24, 2.45) is 17.3 Å². The number of rotatable bonds is 12. The van der Waals surface area contributed by atoms with E-state index in [1.54, 1.807) is 7.11 Å². The van der Waals surface area contributed by atoms with Crippen molar-refractivity contribution >= 4 is 14.1 Å². The molecular formula is C40H58O8Si. The summed E-state index contributed by atoms with van der Waals surface area (Å²) >= 11 is 0. The van der Waals surface area contributed by atoms with E-state index in [0.717, 1.165) is 24.0 Å². The molecule has 49 heavy (non-hydrogen) atoms. The first-order valence-corrected chi connectivity index (χ1v) is 20.8. The summed E-state index contributed by atoms with van der Waals surface area (Å²) in [6.45, 7) is 16.6. The van der Waals surface area contributed by atoms with Crippen LogP contribution in [-0.2, 0) is 39.5 Å². The predicted molar refractivity (Wildman–Crippen MR) is 192 cm³/mol. The summed E-state index contributed by atoms with van der Waals surface area (Å²) in [5, 5.41) is 11.8. The second kappa shape index (κ2) is 15.6. The molecule has 1 saturated heterocycles. The molecule has 1 N–H and O–H groups in total. The molecule has 0 spiro atoms. The van der Waals surface area contributed by atoms with Crippen LogP contribution in [0.15, 0.2) is 72.3 Å². The molecule has 2 aromatic rings. The standard InChI is InChI=1S/C40H58O8Si/c1-38(2,3)49(7,8)47-22-21-34-40(46-25-28-15-11-9-12-16-28,26-44-37(48-34)29-17-13-10-14-18-29)31-23-30-19-20-32(39(30,4)5)36(45-27-43-6)35(42)33(41)24-31/h9-18,23,31-34,36-37,41H,19-22,24-27H2,1-8H3/b30-23+/t31-,32+,33-,34-,36+,37+,40+/m0/s1. The summed E-state index contributed by atoms with van der Waals surface area (Å²) in [5.41, 5.74) is 1.80. The van der Waals surface area contributed by atoms with Gasteiger partial charge in [0.05, 0.1) is 19.3 Å².